The first-order valence-electron chi connectivity index (χ1n) is 5.02. The molecule has 0 radical (unpaired) electrons. The van der Waals surface area contributed by atoms with E-state index in [-0.39, 0.29) is 6.10 Å². The molecule has 1 heterocycles. The number of rotatable bonds is 6. The third kappa shape index (κ3) is 3.94. The van der Waals surface area contributed by atoms with E-state index in [2.05, 4.69) is 5.32 Å². The highest BCUT2D eigenvalue weighted by Gasteiger charge is 2.08. The first kappa shape index (κ1) is 11.3. The average Bonchev–Trinajstić information content (AvgIpc) is 2.64. The monoisotopic (exact) mass is 197 g/mol. The summed E-state index contributed by atoms with van der Waals surface area (Å²) in [5.41, 5.74) is 1.21. The fraction of sp³-hybridized carbons (Fsp3) is 0.636. The summed E-state index contributed by atoms with van der Waals surface area (Å²) in [5.74, 6) is 0. The largest absolute Gasteiger partial charge is 0.472 e. The second kappa shape index (κ2) is 5.83. The van der Waals surface area contributed by atoms with Crippen LogP contribution in [0.3, 0.4) is 0 Å². The van der Waals surface area contributed by atoms with Gasteiger partial charge in [0.1, 0.15) is 0 Å². The van der Waals surface area contributed by atoms with Crippen molar-refractivity contribution in [2.75, 3.05) is 13.7 Å². The van der Waals surface area contributed by atoms with Crippen molar-refractivity contribution in [2.45, 2.75) is 32.4 Å². The zero-order chi connectivity index (χ0) is 10.4. The Morgan fingerprint density at radius 2 is 2.29 bits per heavy atom. The molecule has 1 N–H and O–H groups in total. The van der Waals surface area contributed by atoms with Gasteiger partial charge in [0.2, 0.25) is 0 Å². The standard InChI is InChI=1S/C11H19NO2/c1-9(2)14-8-11(12-3)6-10-4-5-13-7-10/h4-5,7,9,11-12H,6,8H2,1-3H3. The lowest BCUT2D eigenvalue weighted by atomic mass is 10.1. The average molecular weight is 197 g/mol. The Morgan fingerprint density at radius 3 is 2.79 bits per heavy atom. The van der Waals surface area contributed by atoms with Crippen molar-refractivity contribution in [3.8, 4) is 0 Å². The molecule has 1 atom stereocenters. The Labute approximate surface area is 85.4 Å². The molecule has 3 heteroatoms. The molecule has 1 unspecified atom stereocenters. The molecule has 0 aliphatic rings. The fourth-order valence-corrected chi connectivity index (χ4v) is 1.25. The highest BCUT2D eigenvalue weighted by atomic mass is 16.5. The molecule has 0 fully saturated rings. The van der Waals surface area contributed by atoms with Crippen LogP contribution in [0.5, 0.6) is 0 Å². The van der Waals surface area contributed by atoms with Crippen molar-refractivity contribution in [2.24, 2.45) is 0 Å². The van der Waals surface area contributed by atoms with E-state index in [0.29, 0.717) is 6.04 Å². The van der Waals surface area contributed by atoms with E-state index in [1.165, 1.54) is 5.56 Å². The minimum atomic E-state index is 0.287. The van der Waals surface area contributed by atoms with Crippen molar-refractivity contribution in [3.05, 3.63) is 24.2 Å². The van der Waals surface area contributed by atoms with Crippen LogP contribution in [0.15, 0.2) is 23.0 Å². The minimum absolute atomic E-state index is 0.287. The van der Waals surface area contributed by atoms with Gasteiger partial charge in [-0.3, -0.25) is 0 Å². The maximum absolute atomic E-state index is 5.55. The predicted molar refractivity (Wildman–Crippen MR) is 56.3 cm³/mol. The maximum atomic E-state index is 5.55. The number of likely N-dealkylation sites (N-methyl/N-ethyl adjacent to an activating group) is 1. The van der Waals surface area contributed by atoms with Crippen LogP contribution in [0.25, 0.3) is 0 Å². The summed E-state index contributed by atoms with van der Waals surface area (Å²) < 4.78 is 10.6. The summed E-state index contributed by atoms with van der Waals surface area (Å²) in [6.45, 7) is 4.83. The van der Waals surface area contributed by atoms with E-state index in [1.807, 2.05) is 27.0 Å². The molecule has 0 bridgehead atoms. The summed E-state index contributed by atoms with van der Waals surface area (Å²) in [5, 5.41) is 3.23. The van der Waals surface area contributed by atoms with E-state index >= 15 is 0 Å². The second-order valence-corrected chi connectivity index (χ2v) is 3.70. The van der Waals surface area contributed by atoms with E-state index in [0.717, 1.165) is 13.0 Å². The van der Waals surface area contributed by atoms with Gasteiger partial charge in [-0.05, 0) is 38.9 Å². The van der Waals surface area contributed by atoms with Gasteiger partial charge in [-0.2, -0.15) is 0 Å². The molecule has 0 aliphatic heterocycles. The van der Waals surface area contributed by atoms with Gasteiger partial charge >= 0.3 is 0 Å². The summed E-state index contributed by atoms with van der Waals surface area (Å²) in [7, 11) is 1.95. The molecule has 1 aromatic heterocycles. The molecule has 0 aliphatic carbocycles. The molecule has 80 valence electrons. The first-order valence-corrected chi connectivity index (χ1v) is 5.02. The van der Waals surface area contributed by atoms with Crippen LogP contribution < -0.4 is 5.32 Å². The SMILES string of the molecule is CNC(COC(C)C)Cc1ccoc1. The van der Waals surface area contributed by atoms with Gasteiger partial charge in [0.05, 0.1) is 25.2 Å². The van der Waals surface area contributed by atoms with Crippen molar-refractivity contribution in [3.63, 3.8) is 0 Å². The van der Waals surface area contributed by atoms with E-state index < -0.39 is 0 Å². The Hall–Kier alpha value is -0.800. The van der Waals surface area contributed by atoms with Crippen LogP contribution in [0.1, 0.15) is 19.4 Å². The van der Waals surface area contributed by atoms with Crippen molar-refractivity contribution >= 4 is 0 Å². The maximum Gasteiger partial charge on any atom is 0.0935 e. The molecule has 0 saturated heterocycles. The normalized spacial score (nSPS) is 13.4. The Balaban J connectivity index is 2.32. The number of furan rings is 1. The molecule has 0 spiro atoms. The third-order valence-corrected chi connectivity index (χ3v) is 2.10. The molecular weight excluding hydrogens is 178 g/mol. The number of nitrogens with one attached hydrogen (secondary N) is 1. The molecule has 1 rings (SSSR count). The second-order valence-electron chi connectivity index (χ2n) is 3.70. The van der Waals surface area contributed by atoms with Crippen LogP contribution >= 0.6 is 0 Å². The van der Waals surface area contributed by atoms with Gasteiger partial charge in [0.25, 0.3) is 0 Å². The van der Waals surface area contributed by atoms with Crippen molar-refractivity contribution < 1.29 is 9.15 Å². The summed E-state index contributed by atoms with van der Waals surface area (Å²) >= 11 is 0. The van der Waals surface area contributed by atoms with Gasteiger partial charge in [-0.1, -0.05) is 0 Å². The van der Waals surface area contributed by atoms with Crippen LogP contribution in [0, 0.1) is 0 Å². The lowest BCUT2D eigenvalue weighted by molar-refractivity contribution is 0.0627. The third-order valence-electron chi connectivity index (χ3n) is 2.10. The number of ether oxygens (including phenoxy) is 1. The Kier molecular flexibility index (Phi) is 4.70. The van der Waals surface area contributed by atoms with Gasteiger partial charge in [-0.15, -0.1) is 0 Å². The van der Waals surface area contributed by atoms with Crippen LogP contribution in [-0.2, 0) is 11.2 Å². The molecule has 0 saturated carbocycles. The Bertz CT molecular complexity index is 231. The molecule has 0 aromatic carbocycles. The molecule has 14 heavy (non-hydrogen) atoms. The fourth-order valence-electron chi connectivity index (χ4n) is 1.25. The van der Waals surface area contributed by atoms with Crippen LogP contribution in [-0.4, -0.2) is 25.8 Å². The molecular formula is C11H19NO2. The van der Waals surface area contributed by atoms with Gasteiger partial charge < -0.3 is 14.5 Å². The summed E-state index contributed by atoms with van der Waals surface area (Å²) in [4.78, 5) is 0. The highest BCUT2D eigenvalue weighted by Crippen LogP contribution is 2.05. The smallest absolute Gasteiger partial charge is 0.0935 e. The topological polar surface area (TPSA) is 34.4 Å². The van der Waals surface area contributed by atoms with Crippen molar-refractivity contribution in [1.82, 2.24) is 5.32 Å². The minimum Gasteiger partial charge on any atom is -0.472 e. The lowest BCUT2D eigenvalue weighted by Crippen LogP contribution is -2.33. The van der Waals surface area contributed by atoms with E-state index in [4.69, 9.17) is 9.15 Å². The lowest BCUT2D eigenvalue weighted by Gasteiger charge is -2.17. The summed E-state index contributed by atoms with van der Waals surface area (Å²) in [6, 6.07) is 2.34. The van der Waals surface area contributed by atoms with Gasteiger partial charge in [-0.25, -0.2) is 0 Å². The molecule has 3 nitrogen and oxygen atoms in total. The summed E-state index contributed by atoms with van der Waals surface area (Å²) in [6.07, 6.45) is 4.71. The van der Waals surface area contributed by atoms with Gasteiger partial charge in [0, 0.05) is 6.04 Å². The van der Waals surface area contributed by atoms with E-state index in [1.54, 1.807) is 12.5 Å². The van der Waals surface area contributed by atoms with Crippen molar-refractivity contribution in [1.29, 1.82) is 0 Å². The number of hydrogen-bond donors (Lipinski definition) is 1. The number of hydrogen-bond acceptors (Lipinski definition) is 3. The zero-order valence-electron chi connectivity index (χ0n) is 9.12. The first-order chi connectivity index (χ1) is 6.72. The quantitative estimate of drug-likeness (QED) is 0.755. The van der Waals surface area contributed by atoms with Crippen LogP contribution in [0.4, 0.5) is 0 Å². The van der Waals surface area contributed by atoms with Gasteiger partial charge in [0.15, 0.2) is 0 Å². The molecule has 0 amide bonds. The van der Waals surface area contributed by atoms with E-state index in [9.17, 15) is 0 Å². The zero-order valence-corrected chi connectivity index (χ0v) is 9.12. The Morgan fingerprint density at radius 1 is 1.50 bits per heavy atom. The predicted octanol–water partition coefficient (Wildman–Crippen LogP) is 1.84. The molecule has 1 aromatic rings. The van der Waals surface area contributed by atoms with Crippen LogP contribution in [0.2, 0.25) is 0 Å². The highest BCUT2D eigenvalue weighted by molar-refractivity contribution is 5.07.